The van der Waals surface area contributed by atoms with Crippen LogP contribution in [0.2, 0.25) is 0 Å². The standard InChI is InChI=1S/C21H29O6P/c1-24-28(23,25-2)14-13-20(22)21(27-16-19-11-7-4-8-12-19)17-26-15-18-9-5-3-6-10-18/h3-12,20-22H,13-17H2,1-2H3/t20-,21-/m0/s1. The van der Waals surface area contributed by atoms with Crippen molar-refractivity contribution in [2.75, 3.05) is 27.0 Å². The predicted octanol–water partition coefficient (Wildman–Crippen LogP) is 4.03. The first-order chi connectivity index (χ1) is 13.6. The highest BCUT2D eigenvalue weighted by Crippen LogP contribution is 2.47. The number of hydrogen-bond acceptors (Lipinski definition) is 6. The lowest BCUT2D eigenvalue weighted by atomic mass is 10.1. The van der Waals surface area contributed by atoms with Crippen molar-refractivity contribution >= 4 is 7.60 Å². The summed E-state index contributed by atoms with van der Waals surface area (Å²) in [5.74, 6) is 0. The predicted molar refractivity (Wildman–Crippen MR) is 108 cm³/mol. The van der Waals surface area contributed by atoms with Gasteiger partial charge in [-0.15, -0.1) is 0 Å². The van der Waals surface area contributed by atoms with E-state index in [0.717, 1.165) is 11.1 Å². The van der Waals surface area contributed by atoms with Gasteiger partial charge in [-0.3, -0.25) is 4.57 Å². The molecule has 0 unspecified atom stereocenters. The second-order valence-electron chi connectivity index (χ2n) is 6.39. The molecule has 0 bridgehead atoms. The van der Waals surface area contributed by atoms with E-state index in [2.05, 4.69) is 0 Å². The zero-order valence-electron chi connectivity index (χ0n) is 16.4. The third-order valence-corrected chi connectivity index (χ3v) is 6.30. The second-order valence-corrected chi connectivity index (χ2v) is 8.79. The Morgan fingerprint density at radius 2 is 1.43 bits per heavy atom. The van der Waals surface area contributed by atoms with Gasteiger partial charge in [-0.05, 0) is 17.5 Å². The van der Waals surface area contributed by atoms with E-state index >= 15 is 0 Å². The van der Waals surface area contributed by atoms with Crippen molar-refractivity contribution in [1.29, 1.82) is 0 Å². The molecule has 6 nitrogen and oxygen atoms in total. The second kappa shape index (κ2) is 12.1. The molecule has 0 aliphatic heterocycles. The minimum absolute atomic E-state index is 0.102. The first-order valence-electron chi connectivity index (χ1n) is 9.22. The van der Waals surface area contributed by atoms with E-state index < -0.39 is 19.8 Å². The minimum atomic E-state index is -3.18. The molecule has 0 spiro atoms. The Morgan fingerprint density at radius 1 is 0.893 bits per heavy atom. The molecule has 0 aliphatic rings. The molecule has 0 aliphatic carbocycles. The van der Waals surface area contributed by atoms with Crippen LogP contribution in [-0.4, -0.2) is 44.3 Å². The number of hydrogen-bond donors (Lipinski definition) is 1. The van der Waals surface area contributed by atoms with E-state index in [4.69, 9.17) is 18.5 Å². The van der Waals surface area contributed by atoms with Gasteiger partial charge < -0.3 is 23.6 Å². The number of rotatable bonds is 13. The Balaban J connectivity index is 1.92. The van der Waals surface area contributed by atoms with Crippen molar-refractivity contribution in [3.05, 3.63) is 71.8 Å². The third kappa shape index (κ3) is 7.84. The van der Waals surface area contributed by atoms with Crippen molar-refractivity contribution < 1.29 is 28.2 Å². The van der Waals surface area contributed by atoms with Crippen LogP contribution in [0.15, 0.2) is 60.7 Å². The third-order valence-electron chi connectivity index (χ3n) is 4.38. The maximum atomic E-state index is 12.2. The average Bonchev–Trinajstić information content (AvgIpc) is 2.75. The van der Waals surface area contributed by atoms with E-state index in [1.54, 1.807) is 0 Å². The molecule has 0 fully saturated rings. The van der Waals surface area contributed by atoms with Crippen molar-refractivity contribution in [3.8, 4) is 0 Å². The lowest BCUT2D eigenvalue weighted by Crippen LogP contribution is -2.34. The van der Waals surface area contributed by atoms with Crippen LogP contribution >= 0.6 is 7.60 Å². The maximum Gasteiger partial charge on any atom is 0.330 e. The Morgan fingerprint density at radius 3 is 1.96 bits per heavy atom. The topological polar surface area (TPSA) is 74.2 Å². The lowest BCUT2D eigenvalue weighted by molar-refractivity contribution is -0.0897. The molecule has 0 aromatic heterocycles. The van der Waals surface area contributed by atoms with Crippen LogP contribution < -0.4 is 0 Å². The van der Waals surface area contributed by atoms with E-state index in [1.807, 2.05) is 60.7 Å². The summed E-state index contributed by atoms with van der Waals surface area (Å²) in [5.41, 5.74) is 2.05. The molecule has 2 atom stereocenters. The zero-order valence-corrected chi connectivity index (χ0v) is 17.3. The van der Waals surface area contributed by atoms with Crippen LogP contribution in [0.1, 0.15) is 17.5 Å². The molecule has 1 N–H and O–H groups in total. The van der Waals surface area contributed by atoms with Gasteiger partial charge in [-0.25, -0.2) is 0 Å². The normalized spacial score (nSPS) is 14.0. The van der Waals surface area contributed by atoms with Gasteiger partial charge in [0.15, 0.2) is 0 Å². The fourth-order valence-corrected chi connectivity index (χ4v) is 3.74. The van der Waals surface area contributed by atoms with E-state index in [1.165, 1.54) is 14.2 Å². The molecule has 0 amide bonds. The Labute approximate surface area is 166 Å². The molecule has 0 saturated heterocycles. The quantitative estimate of drug-likeness (QED) is 0.505. The average molecular weight is 408 g/mol. The van der Waals surface area contributed by atoms with Gasteiger partial charge in [0.2, 0.25) is 0 Å². The molecule has 0 saturated carbocycles. The zero-order chi connectivity index (χ0) is 20.2. The van der Waals surface area contributed by atoms with Crippen molar-refractivity contribution in [1.82, 2.24) is 0 Å². The summed E-state index contributed by atoms with van der Waals surface area (Å²) in [6.45, 7) is 0.990. The molecule has 2 rings (SSSR count). The number of aliphatic hydroxyl groups is 1. The van der Waals surface area contributed by atoms with Gasteiger partial charge >= 0.3 is 7.60 Å². The fraction of sp³-hybridized carbons (Fsp3) is 0.429. The fourth-order valence-electron chi connectivity index (χ4n) is 2.65. The van der Waals surface area contributed by atoms with Crippen LogP contribution in [0.3, 0.4) is 0 Å². The van der Waals surface area contributed by atoms with Gasteiger partial charge in [0.1, 0.15) is 6.10 Å². The molecular weight excluding hydrogens is 379 g/mol. The highest BCUT2D eigenvalue weighted by molar-refractivity contribution is 7.53. The van der Waals surface area contributed by atoms with Crippen molar-refractivity contribution in [3.63, 3.8) is 0 Å². The Kier molecular flexibility index (Phi) is 9.85. The Hall–Kier alpha value is -1.53. The lowest BCUT2D eigenvalue weighted by Gasteiger charge is -2.24. The highest BCUT2D eigenvalue weighted by Gasteiger charge is 2.27. The van der Waals surface area contributed by atoms with Crippen LogP contribution in [-0.2, 0) is 36.3 Å². The summed E-state index contributed by atoms with van der Waals surface area (Å²) in [5, 5.41) is 10.6. The highest BCUT2D eigenvalue weighted by atomic mass is 31.2. The first kappa shape index (κ1) is 22.8. The molecule has 154 valence electrons. The van der Waals surface area contributed by atoms with Gasteiger partial charge in [-0.1, -0.05) is 60.7 Å². The van der Waals surface area contributed by atoms with E-state index in [-0.39, 0.29) is 19.2 Å². The van der Waals surface area contributed by atoms with Crippen LogP contribution in [0.25, 0.3) is 0 Å². The van der Waals surface area contributed by atoms with Gasteiger partial charge in [0, 0.05) is 14.2 Å². The van der Waals surface area contributed by atoms with Crippen LogP contribution in [0.5, 0.6) is 0 Å². The van der Waals surface area contributed by atoms with Crippen molar-refractivity contribution in [2.45, 2.75) is 31.8 Å². The van der Waals surface area contributed by atoms with E-state index in [9.17, 15) is 9.67 Å². The molecule has 0 radical (unpaired) electrons. The van der Waals surface area contributed by atoms with Crippen LogP contribution in [0, 0.1) is 0 Å². The number of benzene rings is 2. The number of ether oxygens (including phenoxy) is 2. The maximum absolute atomic E-state index is 12.2. The van der Waals surface area contributed by atoms with E-state index in [0.29, 0.717) is 13.2 Å². The van der Waals surface area contributed by atoms with Gasteiger partial charge in [-0.2, -0.15) is 0 Å². The summed E-state index contributed by atoms with van der Waals surface area (Å²) >= 11 is 0. The Bertz CT molecular complexity index is 701. The smallest absolute Gasteiger partial charge is 0.330 e. The van der Waals surface area contributed by atoms with Gasteiger partial charge in [0.25, 0.3) is 0 Å². The van der Waals surface area contributed by atoms with Crippen molar-refractivity contribution in [2.24, 2.45) is 0 Å². The monoisotopic (exact) mass is 408 g/mol. The van der Waals surface area contributed by atoms with Crippen LogP contribution in [0.4, 0.5) is 0 Å². The largest absolute Gasteiger partial charge is 0.390 e. The van der Waals surface area contributed by atoms with Gasteiger partial charge in [0.05, 0.1) is 32.1 Å². The summed E-state index contributed by atoms with van der Waals surface area (Å²) in [7, 11) is -0.509. The molecule has 28 heavy (non-hydrogen) atoms. The number of aliphatic hydroxyl groups excluding tert-OH is 1. The minimum Gasteiger partial charge on any atom is -0.390 e. The summed E-state index contributed by atoms with van der Waals surface area (Å²) in [4.78, 5) is 0. The molecule has 2 aromatic carbocycles. The summed E-state index contributed by atoms with van der Waals surface area (Å²) in [6.07, 6.45) is -1.11. The first-order valence-corrected chi connectivity index (χ1v) is 10.9. The molecule has 2 aromatic rings. The summed E-state index contributed by atoms with van der Waals surface area (Å²) in [6, 6.07) is 19.5. The molecule has 0 heterocycles. The SMILES string of the molecule is COP(=O)(CC[C@H](O)[C@H](COCc1ccccc1)OCc1ccccc1)OC. The molecular formula is C21H29O6P. The molecule has 7 heteroatoms. The summed E-state index contributed by atoms with van der Waals surface area (Å²) < 4.78 is 33.8.